The smallest absolute Gasteiger partial charge is 0.435 e. The van der Waals surface area contributed by atoms with Crippen LogP contribution < -0.4 is 4.74 Å². The van der Waals surface area contributed by atoms with Gasteiger partial charge in [0.25, 0.3) is 0 Å². The minimum absolute atomic E-state index is 0.0227. The van der Waals surface area contributed by atoms with E-state index in [1.807, 2.05) is 0 Å². The van der Waals surface area contributed by atoms with Gasteiger partial charge in [-0.2, -0.15) is 18.3 Å². The summed E-state index contributed by atoms with van der Waals surface area (Å²) in [5.74, 6) is -0.367. The molecular formula is C14H19ClF3N3O4S. The monoisotopic (exact) mass is 417 g/mol. The minimum Gasteiger partial charge on any atom is -0.475 e. The predicted molar refractivity (Wildman–Crippen MR) is 89.0 cm³/mol. The van der Waals surface area contributed by atoms with Gasteiger partial charge in [0.15, 0.2) is 16.3 Å². The summed E-state index contributed by atoms with van der Waals surface area (Å²) in [7, 11) is -4.26. The van der Waals surface area contributed by atoms with Crippen LogP contribution in [0.4, 0.5) is 13.2 Å². The average Bonchev–Trinajstić information content (AvgIpc) is 3.10. The second-order valence-electron chi connectivity index (χ2n) is 6.50. The number of hydrogen-bond donors (Lipinski definition) is 1. The molecule has 0 amide bonds. The molecule has 1 aromatic heterocycles. The van der Waals surface area contributed by atoms with Crippen LogP contribution in [0.1, 0.15) is 50.6 Å². The number of alkyl halides is 4. The maximum Gasteiger partial charge on any atom is 0.435 e. The van der Waals surface area contributed by atoms with Crippen molar-refractivity contribution in [3.63, 3.8) is 0 Å². The first-order chi connectivity index (χ1) is 11.8. The van der Waals surface area contributed by atoms with Gasteiger partial charge in [0.1, 0.15) is 0 Å². The maximum absolute atomic E-state index is 13.3. The van der Waals surface area contributed by atoms with Crippen LogP contribution in [0.15, 0.2) is 5.16 Å². The van der Waals surface area contributed by atoms with Crippen LogP contribution in [0.3, 0.4) is 0 Å². The molecule has 1 aliphatic heterocycles. The second-order valence-corrected chi connectivity index (χ2v) is 9.04. The van der Waals surface area contributed by atoms with Crippen LogP contribution >= 0.6 is 11.6 Å². The van der Waals surface area contributed by atoms with Gasteiger partial charge in [0.05, 0.1) is 22.8 Å². The lowest BCUT2D eigenvalue weighted by Crippen LogP contribution is -2.30. The van der Waals surface area contributed by atoms with Crippen molar-refractivity contribution in [1.29, 1.82) is 0 Å². The molecule has 0 saturated carbocycles. The highest BCUT2D eigenvalue weighted by atomic mass is 35.5. The number of aromatic amines is 1. The molecule has 12 heteroatoms. The number of hydrogen-bond acceptors (Lipinski definition) is 6. The van der Waals surface area contributed by atoms with E-state index in [9.17, 15) is 21.6 Å². The molecule has 148 valence electrons. The van der Waals surface area contributed by atoms with E-state index in [-0.39, 0.29) is 23.2 Å². The molecule has 7 nitrogen and oxygen atoms in total. The van der Waals surface area contributed by atoms with Gasteiger partial charge in [-0.1, -0.05) is 5.16 Å². The molecule has 0 aromatic carbocycles. The van der Waals surface area contributed by atoms with E-state index in [4.69, 9.17) is 21.2 Å². The quantitative estimate of drug-likeness (QED) is 0.741. The Morgan fingerprint density at radius 3 is 2.46 bits per heavy atom. The van der Waals surface area contributed by atoms with E-state index in [0.717, 1.165) is 6.92 Å². The largest absolute Gasteiger partial charge is 0.475 e. The van der Waals surface area contributed by atoms with Crippen molar-refractivity contribution < 1.29 is 31.2 Å². The molecule has 0 spiro atoms. The fourth-order valence-electron chi connectivity index (χ4n) is 2.38. The zero-order valence-corrected chi connectivity index (χ0v) is 16.1. The molecule has 1 N–H and O–H groups in total. The average molecular weight is 418 g/mol. The van der Waals surface area contributed by atoms with Crippen LogP contribution in [0, 0.1) is 0 Å². The highest BCUT2D eigenvalue weighted by Gasteiger charge is 2.47. The Morgan fingerprint density at radius 2 is 2.00 bits per heavy atom. The lowest BCUT2D eigenvalue weighted by molar-refractivity contribution is -0.141. The predicted octanol–water partition coefficient (Wildman–Crippen LogP) is 3.42. The van der Waals surface area contributed by atoms with E-state index in [0.29, 0.717) is 0 Å². The maximum atomic E-state index is 13.3. The number of nitrogens with one attached hydrogen (secondary N) is 1. The summed E-state index contributed by atoms with van der Waals surface area (Å²) in [6.45, 7) is 5.88. The molecule has 0 aliphatic carbocycles. The Labute approximate surface area is 153 Å². The summed E-state index contributed by atoms with van der Waals surface area (Å²) in [6, 6.07) is 0. The van der Waals surface area contributed by atoms with Gasteiger partial charge >= 0.3 is 6.18 Å². The van der Waals surface area contributed by atoms with Crippen LogP contribution in [0.5, 0.6) is 5.88 Å². The molecule has 2 atom stereocenters. The highest BCUT2D eigenvalue weighted by molar-refractivity contribution is 8.06. The van der Waals surface area contributed by atoms with Crippen molar-refractivity contribution in [3.8, 4) is 5.88 Å². The molecule has 1 aromatic rings. The molecule has 0 bridgehead atoms. The topological polar surface area (TPSA) is 93.6 Å². The first-order valence-corrected chi connectivity index (χ1v) is 9.77. The second kappa shape index (κ2) is 6.91. The highest BCUT2D eigenvalue weighted by Crippen LogP contribution is 2.42. The molecule has 1 aliphatic rings. The minimum atomic E-state index is -4.85. The van der Waals surface area contributed by atoms with Crippen LogP contribution in [0.2, 0.25) is 0 Å². The van der Waals surface area contributed by atoms with Crippen molar-refractivity contribution in [2.75, 3.05) is 5.88 Å². The molecule has 0 saturated heterocycles. The zero-order valence-electron chi connectivity index (χ0n) is 14.5. The number of sulfone groups is 1. The SMILES string of the molecule is CC(C)Oc1[nH]nc(C(F)(F)F)c1C(C)S(=O)(=O)C1=NOC(C)(CCl)C1. The number of rotatable bonds is 5. The normalized spacial score (nSPS) is 22.3. The summed E-state index contributed by atoms with van der Waals surface area (Å²) < 4.78 is 70.8. The lowest BCUT2D eigenvalue weighted by atomic mass is 10.1. The van der Waals surface area contributed by atoms with Crippen LogP contribution in [-0.2, 0) is 20.9 Å². The number of oxime groups is 1. The first-order valence-electron chi connectivity index (χ1n) is 7.69. The summed E-state index contributed by atoms with van der Waals surface area (Å²) in [5.41, 5.74) is -2.96. The molecule has 0 fully saturated rings. The summed E-state index contributed by atoms with van der Waals surface area (Å²) in [5, 5.41) is 6.92. The standard InChI is InChI=1S/C14H19ClF3N3O4S/c1-7(2)24-12-10(11(19-20-12)14(16,17)18)8(3)26(22,23)9-5-13(4,6-15)25-21-9/h7-8H,5-6H2,1-4H3,(H,19,20). The van der Waals surface area contributed by atoms with E-state index < -0.39 is 44.2 Å². The fraction of sp³-hybridized carbons (Fsp3) is 0.714. The van der Waals surface area contributed by atoms with Crippen LogP contribution in [0.25, 0.3) is 0 Å². The summed E-state index contributed by atoms with van der Waals surface area (Å²) >= 11 is 5.73. The number of aromatic nitrogens is 2. The Morgan fingerprint density at radius 1 is 1.38 bits per heavy atom. The van der Waals surface area contributed by atoms with Gasteiger partial charge in [-0.15, -0.1) is 11.6 Å². The van der Waals surface area contributed by atoms with E-state index in [2.05, 4.69) is 15.4 Å². The zero-order chi connectivity index (χ0) is 19.9. The molecule has 2 rings (SSSR count). The molecule has 2 heterocycles. The third kappa shape index (κ3) is 3.93. The molecule has 2 unspecified atom stereocenters. The van der Waals surface area contributed by atoms with Gasteiger partial charge in [0, 0.05) is 6.42 Å². The van der Waals surface area contributed by atoms with Crippen molar-refractivity contribution in [2.45, 2.75) is 57.2 Å². The lowest BCUT2D eigenvalue weighted by Gasteiger charge is -2.18. The van der Waals surface area contributed by atoms with Gasteiger partial charge in [-0.25, -0.2) is 13.5 Å². The Balaban J connectivity index is 2.48. The van der Waals surface area contributed by atoms with E-state index >= 15 is 0 Å². The van der Waals surface area contributed by atoms with Crippen LogP contribution in [-0.4, -0.2) is 41.2 Å². The summed E-state index contributed by atoms with van der Waals surface area (Å²) in [6.07, 6.45) is -5.48. The van der Waals surface area contributed by atoms with Gasteiger partial charge < -0.3 is 9.57 Å². The van der Waals surface area contributed by atoms with Gasteiger partial charge in [-0.05, 0) is 27.7 Å². The Hall–Kier alpha value is -1.49. The Bertz CT molecular complexity index is 807. The summed E-state index contributed by atoms with van der Waals surface area (Å²) in [4.78, 5) is 5.05. The van der Waals surface area contributed by atoms with E-state index in [1.165, 1.54) is 0 Å². The van der Waals surface area contributed by atoms with Gasteiger partial charge in [0.2, 0.25) is 15.7 Å². The first kappa shape index (κ1) is 20.8. The molecule has 0 radical (unpaired) electrons. The number of nitrogens with zero attached hydrogens (tertiary/aromatic N) is 2. The van der Waals surface area contributed by atoms with Crippen molar-refractivity contribution in [3.05, 3.63) is 11.3 Å². The fourth-order valence-corrected chi connectivity index (χ4v) is 4.11. The Kier molecular flexibility index (Phi) is 5.54. The number of halogens is 4. The third-order valence-electron chi connectivity index (χ3n) is 3.77. The van der Waals surface area contributed by atoms with Gasteiger partial charge in [-0.3, -0.25) is 0 Å². The third-order valence-corrected chi connectivity index (χ3v) is 6.37. The number of ether oxygens (including phenoxy) is 1. The van der Waals surface area contributed by atoms with E-state index in [1.54, 1.807) is 20.8 Å². The molecule has 26 heavy (non-hydrogen) atoms. The van der Waals surface area contributed by atoms with Crippen molar-refractivity contribution in [1.82, 2.24) is 10.2 Å². The van der Waals surface area contributed by atoms with Crippen molar-refractivity contribution in [2.24, 2.45) is 5.16 Å². The molecular weight excluding hydrogens is 399 g/mol. The number of H-pyrrole nitrogens is 1. The van der Waals surface area contributed by atoms with Crippen molar-refractivity contribution >= 4 is 26.5 Å².